The molecule has 2 saturated heterocycles. The summed E-state index contributed by atoms with van der Waals surface area (Å²) in [5, 5.41) is 9.70. The third-order valence-electron chi connectivity index (χ3n) is 4.38. The normalized spacial score (nSPS) is 28.6. The van der Waals surface area contributed by atoms with Crippen LogP contribution in [0.3, 0.4) is 0 Å². The van der Waals surface area contributed by atoms with E-state index in [1.165, 1.54) is 0 Å². The van der Waals surface area contributed by atoms with Gasteiger partial charge in [0.05, 0.1) is 12.6 Å². The zero-order chi connectivity index (χ0) is 14.7. The van der Waals surface area contributed by atoms with Crippen LogP contribution >= 0.6 is 0 Å². The second kappa shape index (κ2) is 6.54. The number of piperazine rings is 1. The fourth-order valence-electron chi connectivity index (χ4n) is 2.93. The summed E-state index contributed by atoms with van der Waals surface area (Å²) >= 11 is 0. The number of hydrogen-bond acceptors (Lipinski definition) is 4. The number of aliphatic hydroxyl groups is 1. The maximum Gasteiger partial charge on any atom is 0.236 e. The minimum absolute atomic E-state index is 0.0796. The summed E-state index contributed by atoms with van der Waals surface area (Å²) < 4.78 is 0. The van der Waals surface area contributed by atoms with Crippen molar-refractivity contribution in [3.05, 3.63) is 0 Å². The van der Waals surface area contributed by atoms with E-state index < -0.39 is 0 Å². The van der Waals surface area contributed by atoms with Gasteiger partial charge in [0.25, 0.3) is 0 Å². The quantitative estimate of drug-likeness (QED) is 0.733. The van der Waals surface area contributed by atoms with E-state index in [-0.39, 0.29) is 23.8 Å². The molecule has 0 aromatic rings. The Morgan fingerprint density at radius 2 is 1.70 bits per heavy atom. The highest BCUT2D eigenvalue weighted by Gasteiger charge is 2.28. The molecular weight excluding hydrogens is 258 g/mol. The Hall–Kier alpha value is -1.14. The summed E-state index contributed by atoms with van der Waals surface area (Å²) in [7, 11) is 0. The Labute approximate surface area is 120 Å². The molecule has 2 atom stereocenters. The summed E-state index contributed by atoms with van der Waals surface area (Å²) in [6.07, 6.45) is 0.507. The monoisotopic (exact) mass is 283 g/mol. The molecular formula is C14H25N3O3. The summed E-state index contributed by atoms with van der Waals surface area (Å²) in [5.74, 6) is 0.443. The van der Waals surface area contributed by atoms with Crippen LogP contribution in [0, 0.1) is 5.92 Å². The van der Waals surface area contributed by atoms with Crippen molar-refractivity contribution in [1.29, 1.82) is 0 Å². The number of likely N-dealkylation sites (tertiary alicyclic amines) is 1. The van der Waals surface area contributed by atoms with Crippen LogP contribution in [0.1, 0.15) is 20.3 Å². The first-order chi connectivity index (χ1) is 9.47. The molecule has 0 aromatic carbocycles. The molecule has 2 rings (SSSR count). The molecule has 1 N–H and O–H groups in total. The van der Waals surface area contributed by atoms with E-state index >= 15 is 0 Å². The smallest absolute Gasteiger partial charge is 0.236 e. The Morgan fingerprint density at radius 1 is 1.10 bits per heavy atom. The highest BCUT2D eigenvalue weighted by atomic mass is 16.3. The highest BCUT2D eigenvalue weighted by Crippen LogP contribution is 2.16. The van der Waals surface area contributed by atoms with Crippen molar-refractivity contribution in [2.75, 3.05) is 45.8 Å². The maximum atomic E-state index is 12.2. The average Bonchev–Trinajstić information content (AvgIpc) is 2.43. The molecule has 0 radical (unpaired) electrons. The van der Waals surface area contributed by atoms with Crippen LogP contribution in [0.5, 0.6) is 0 Å². The lowest BCUT2D eigenvalue weighted by Crippen LogP contribution is -2.53. The zero-order valence-corrected chi connectivity index (χ0v) is 12.4. The third kappa shape index (κ3) is 3.70. The highest BCUT2D eigenvalue weighted by molar-refractivity contribution is 5.79. The summed E-state index contributed by atoms with van der Waals surface area (Å²) in [6, 6.07) is 0. The molecule has 2 heterocycles. The van der Waals surface area contributed by atoms with Crippen LogP contribution in [0.2, 0.25) is 0 Å². The van der Waals surface area contributed by atoms with Gasteiger partial charge in [0.15, 0.2) is 0 Å². The van der Waals surface area contributed by atoms with Crippen LogP contribution in [0.4, 0.5) is 0 Å². The number of aliphatic hydroxyl groups excluding tert-OH is 1. The molecule has 6 nitrogen and oxygen atoms in total. The van der Waals surface area contributed by atoms with Crippen molar-refractivity contribution in [1.82, 2.24) is 14.7 Å². The van der Waals surface area contributed by atoms with Crippen LogP contribution < -0.4 is 0 Å². The Bertz CT molecular complexity index is 367. The van der Waals surface area contributed by atoms with Gasteiger partial charge in [-0.15, -0.1) is 0 Å². The van der Waals surface area contributed by atoms with Crippen molar-refractivity contribution in [2.24, 2.45) is 5.92 Å². The second-order valence-corrected chi connectivity index (χ2v) is 5.96. The van der Waals surface area contributed by atoms with Crippen molar-refractivity contribution in [3.8, 4) is 0 Å². The molecule has 0 bridgehead atoms. The molecule has 0 spiro atoms. The van der Waals surface area contributed by atoms with Crippen molar-refractivity contribution in [3.63, 3.8) is 0 Å². The maximum absolute atomic E-state index is 12.2. The lowest BCUT2D eigenvalue weighted by atomic mass is 9.97. The Balaban J connectivity index is 1.77. The van der Waals surface area contributed by atoms with E-state index in [9.17, 15) is 14.7 Å². The molecule has 114 valence electrons. The first-order valence-electron chi connectivity index (χ1n) is 7.41. The fourth-order valence-corrected chi connectivity index (χ4v) is 2.93. The van der Waals surface area contributed by atoms with Gasteiger partial charge >= 0.3 is 0 Å². The average molecular weight is 283 g/mol. The largest absolute Gasteiger partial charge is 0.393 e. The van der Waals surface area contributed by atoms with Crippen LogP contribution in [-0.4, -0.2) is 83.5 Å². The van der Waals surface area contributed by atoms with Crippen molar-refractivity contribution >= 4 is 11.8 Å². The molecule has 2 fully saturated rings. The first-order valence-corrected chi connectivity index (χ1v) is 7.41. The van der Waals surface area contributed by atoms with E-state index in [0.29, 0.717) is 32.7 Å². The number of amides is 2. The predicted octanol–water partition coefficient (Wildman–Crippen LogP) is -0.620. The third-order valence-corrected chi connectivity index (χ3v) is 4.38. The number of hydrogen-bond donors (Lipinski definition) is 1. The van der Waals surface area contributed by atoms with Crippen molar-refractivity contribution in [2.45, 2.75) is 26.4 Å². The molecule has 2 aliphatic heterocycles. The van der Waals surface area contributed by atoms with Gasteiger partial charge in [0.1, 0.15) is 0 Å². The van der Waals surface area contributed by atoms with Crippen LogP contribution in [0.25, 0.3) is 0 Å². The minimum Gasteiger partial charge on any atom is -0.393 e. The number of carbonyl (C=O) groups excluding carboxylic acids is 2. The van der Waals surface area contributed by atoms with Crippen LogP contribution in [0.15, 0.2) is 0 Å². The van der Waals surface area contributed by atoms with E-state index in [4.69, 9.17) is 0 Å². The summed E-state index contributed by atoms with van der Waals surface area (Å²) in [6.45, 7) is 8.11. The summed E-state index contributed by atoms with van der Waals surface area (Å²) in [5.41, 5.74) is 0. The number of piperidine rings is 1. The fraction of sp³-hybridized carbons (Fsp3) is 0.857. The van der Waals surface area contributed by atoms with Gasteiger partial charge in [-0.25, -0.2) is 0 Å². The standard InChI is InChI=1S/C14H25N3O3/c1-11-9-15(4-3-13(11)19)10-14(20)17-7-5-16(6-8-17)12(2)18/h11,13,19H,3-10H2,1-2H3. The van der Waals surface area contributed by atoms with E-state index in [1.807, 2.05) is 11.8 Å². The molecule has 2 aliphatic rings. The van der Waals surface area contributed by atoms with Gasteiger partial charge in [-0.05, 0) is 12.3 Å². The van der Waals surface area contributed by atoms with Crippen LogP contribution in [-0.2, 0) is 9.59 Å². The van der Waals surface area contributed by atoms with E-state index in [1.54, 1.807) is 11.8 Å². The molecule has 0 aromatic heterocycles. The van der Waals surface area contributed by atoms with Crippen molar-refractivity contribution < 1.29 is 14.7 Å². The van der Waals surface area contributed by atoms with Gasteiger partial charge in [-0.2, -0.15) is 0 Å². The van der Waals surface area contributed by atoms with Gasteiger partial charge in [-0.1, -0.05) is 6.92 Å². The first kappa shape index (κ1) is 15.3. The Kier molecular flexibility index (Phi) is 4.99. The Morgan fingerprint density at radius 3 is 2.25 bits per heavy atom. The molecule has 20 heavy (non-hydrogen) atoms. The molecule has 0 saturated carbocycles. The number of carbonyl (C=O) groups is 2. The number of rotatable bonds is 2. The van der Waals surface area contributed by atoms with Gasteiger partial charge in [0.2, 0.25) is 11.8 Å². The lowest BCUT2D eigenvalue weighted by Gasteiger charge is -2.37. The van der Waals surface area contributed by atoms with E-state index in [2.05, 4.69) is 4.90 Å². The number of nitrogens with zero attached hydrogens (tertiary/aromatic N) is 3. The molecule has 6 heteroatoms. The molecule has 0 aliphatic carbocycles. The van der Waals surface area contributed by atoms with Gasteiger partial charge < -0.3 is 14.9 Å². The minimum atomic E-state index is -0.236. The van der Waals surface area contributed by atoms with Gasteiger partial charge in [0, 0.05) is 46.2 Å². The van der Waals surface area contributed by atoms with E-state index in [0.717, 1.165) is 19.5 Å². The molecule has 2 unspecified atom stereocenters. The topological polar surface area (TPSA) is 64.1 Å². The SMILES string of the molecule is CC(=O)N1CCN(C(=O)CN2CCC(O)C(C)C2)CC1. The molecule has 2 amide bonds. The lowest BCUT2D eigenvalue weighted by molar-refractivity contribution is -0.139. The summed E-state index contributed by atoms with van der Waals surface area (Å²) in [4.78, 5) is 29.2. The second-order valence-electron chi connectivity index (χ2n) is 5.96. The predicted molar refractivity (Wildman–Crippen MR) is 75.1 cm³/mol. The van der Waals surface area contributed by atoms with Gasteiger partial charge in [-0.3, -0.25) is 14.5 Å². The zero-order valence-electron chi connectivity index (χ0n) is 12.4.